The van der Waals surface area contributed by atoms with E-state index in [0.29, 0.717) is 21.7 Å². The van der Waals surface area contributed by atoms with Gasteiger partial charge in [-0.1, -0.05) is 72.3 Å². The van der Waals surface area contributed by atoms with Gasteiger partial charge >= 0.3 is 0 Å². The Morgan fingerprint density at radius 2 is 1.71 bits per heavy atom. The lowest BCUT2D eigenvalue weighted by atomic mass is 10.0. The molecule has 140 valence electrons. The third-order valence-electron chi connectivity index (χ3n) is 4.12. The summed E-state index contributed by atoms with van der Waals surface area (Å²) >= 11 is 6.15. The summed E-state index contributed by atoms with van der Waals surface area (Å²) < 4.78 is 0. The maximum atomic E-state index is 12.9. The zero-order valence-electron chi connectivity index (χ0n) is 14.8. The Bertz CT molecular complexity index is 1030. The molecule has 0 aliphatic heterocycles. The highest BCUT2D eigenvalue weighted by atomic mass is 35.5. The number of nitro benzene ring substituents is 1. The molecule has 0 aliphatic carbocycles. The average molecular weight is 393 g/mol. The molecule has 0 saturated carbocycles. The van der Waals surface area contributed by atoms with Gasteiger partial charge in [0.05, 0.1) is 4.92 Å². The molecule has 0 atom stereocenters. The molecule has 5 nitrogen and oxygen atoms in total. The SMILES string of the molecule is O=C(NCc1ccccc1Cl)/C(=C/c1cccc([N+](=O)[O-])c1)c1ccccc1. The van der Waals surface area contributed by atoms with Crippen molar-refractivity contribution in [3.05, 3.63) is 111 Å². The van der Waals surface area contributed by atoms with Gasteiger partial charge in [-0.15, -0.1) is 0 Å². The molecular weight excluding hydrogens is 376 g/mol. The first kappa shape index (κ1) is 19.3. The lowest BCUT2D eigenvalue weighted by molar-refractivity contribution is -0.384. The van der Waals surface area contributed by atoms with Crippen LogP contribution in [-0.2, 0) is 11.3 Å². The molecule has 6 heteroatoms. The highest BCUT2D eigenvalue weighted by molar-refractivity contribution is 6.31. The summed E-state index contributed by atoms with van der Waals surface area (Å²) in [6.07, 6.45) is 1.64. The van der Waals surface area contributed by atoms with Crippen molar-refractivity contribution in [3.8, 4) is 0 Å². The molecule has 3 aromatic carbocycles. The zero-order chi connectivity index (χ0) is 19.9. The zero-order valence-corrected chi connectivity index (χ0v) is 15.6. The van der Waals surface area contributed by atoms with Gasteiger partial charge in [0.2, 0.25) is 0 Å². The van der Waals surface area contributed by atoms with Crippen LogP contribution in [-0.4, -0.2) is 10.8 Å². The van der Waals surface area contributed by atoms with Gasteiger partial charge in [0.25, 0.3) is 11.6 Å². The number of amides is 1. The van der Waals surface area contributed by atoms with Crippen molar-refractivity contribution in [1.29, 1.82) is 0 Å². The number of nitrogens with one attached hydrogen (secondary N) is 1. The normalized spacial score (nSPS) is 11.1. The summed E-state index contributed by atoms with van der Waals surface area (Å²) in [6, 6.07) is 22.6. The summed E-state index contributed by atoms with van der Waals surface area (Å²) in [5.74, 6) is -0.294. The predicted octanol–water partition coefficient (Wildman–Crippen LogP) is 5.11. The number of benzene rings is 3. The van der Waals surface area contributed by atoms with Crippen LogP contribution in [0.1, 0.15) is 16.7 Å². The molecular formula is C22H17ClN2O3. The number of non-ortho nitro benzene ring substituents is 1. The quantitative estimate of drug-likeness (QED) is 0.274. The Kier molecular flexibility index (Phi) is 6.19. The number of hydrogen-bond acceptors (Lipinski definition) is 3. The summed E-state index contributed by atoms with van der Waals surface area (Å²) in [6.45, 7) is 0.275. The van der Waals surface area contributed by atoms with Crippen molar-refractivity contribution in [1.82, 2.24) is 5.32 Å². The van der Waals surface area contributed by atoms with E-state index in [1.54, 1.807) is 24.3 Å². The van der Waals surface area contributed by atoms with E-state index in [0.717, 1.165) is 5.56 Å². The van der Waals surface area contributed by atoms with Gasteiger partial charge in [-0.25, -0.2) is 0 Å². The van der Waals surface area contributed by atoms with E-state index in [1.807, 2.05) is 48.5 Å². The molecule has 28 heavy (non-hydrogen) atoms. The smallest absolute Gasteiger partial charge is 0.270 e. The summed E-state index contributed by atoms with van der Waals surface area (Å²) in [7, 11) is 0. The van der Waals surface area contributed by atoms with Gasteiger partial charge < -0.3 is 5.32 Å². The average Bonchev–Trinajstić information content (AvgIpc) is 2.72. The molecule has 0 saturated heterocycles. The molecule has 0 heterocycles. The molecule has 3 rings (SSSR count). The second-order valence-electron chi connectivity index (χ2n) is 6.05. The number of carbonyl (C=O) groups excluding carboxylic acids is 1. The fourth-order valence-electron chi connectivity index (χ4n) is 2.70. The highest BCUT2D eigenvalue weighted by Gasteiger charge is 2.13. The van der Waals surface area contributed by atoms with E-state index in [2.05, 4.69) is 5.32 Å². The van der Waals surface area contributed by atoms with Gasteiger partial charge in [-0.3, -0.25) is 14.9 Å². The Morgan fingerprint density at radius 1 is 1.00 bits per heavy atom. The summed E-state index contributed by atoms with van der Waals surface area (Å²) in [5.41, 5.74) is 2.47. The van der Waals surface area contributed by atoms with E-state index in [1.165, 1.54) is 12.1 Å². The second kappa shape index (κ2) is 8.97. The van der Waals surface area contributed by atoms with Gasteiger partial charge in [0.1, 0.15) is 0 Å². The molecule has 0 bridgehead atoms. The van der Waals surface area contributed by atoms with Gasteiger partial charge in [0, 0.05) is 29.3 Å². The van der Waals surface area contributed by atoms with Crippen LogP contribution in [0.25, 0.3) is 11.6 Å². The summed E-state index contributed by atoms with van der Waals surface area (Å²) in [5, 5.41) is 14.5. The van der Waals surface area contributed by atoms with Crippen molar-refractivity contribution >= 4 is 34.8 Å². The van der Waals surface area contributed by atoms with Gasteiger partial charge in [0.15, 0.2) is 0 Å². The number of hydrogen-bond donors (Lipinski definition) is 1. The fourth-order valence-corrected chi connectivity index (χ4v) is 2.91. The van der Waals surface area contributed by atoms with E-state index in [9.17, 15) is 14.9 Å². The number of halogens is 1. The second-order valence-corrected chi connectivity index (χ2v) is 6.46. The Labute approximate surface area is 167 Å². The van der Waals surface area contributed by atoms with E-state index in [-0.39, 0.29) is 18.1 Å². The molecule has 1 N–H and O–H groups in total. The molecule has 0 fully saturated rings. The maximum absolute atomic E-state index is 12.9. The number of nitrogens with zero attached hydrogens (tertiary/aromatic N) is 1. The van der Waals surface area contributed by atoms with Crippen molar-refractivity contribution in [2.75, 3.05) is 0 Å². The molecule has 1 amide bonds. The minimum atomic E-state index is -0.461. The van der Waals surface area contributed by atoms with E-state index < -0.39 is 4.92 Å². The maximum Gasteiger partial charge on any atom is 0.270 e. The minimum absolute atomic E-state index is 0.0300. The Hall–Kier alpha value is -3.44. The fraction of sp³-hybridized carbons (Fsp3) is 0.0455. The summed E-state index contributed by atoms with van der Waals surface area (Å²) in [4.78, 5) is 23.5. The third-order valence-corrected chi connectivity index (χ3v) is 4.49. The molecule has 0 spiro atoms. The van der Waals surface area contributed by atoms with Crippen LogP contribution in [0.4, 0.5) is 5.69 Å². The Balaban J connectivity index is 1.91. The van der Waals surface area contributed by atoms with Crippen molar-refractivity contribution in [2.45, 2.75) is 6.54 Å². The van der Waals surface area contributed by atoms with Gasteiger partial charge in [-0.05, 0) is 28.8 Å². The minimum Gasteiger partial charge on any atom is -0.348 e. The van der Waals surface area contributed by atoms with Crippen LogP contribution in [0.3, 0.4) is 0 Å². The monoisotopic (exact) mass is 392 g/mol. The molecule has 0 unspecified atom stereocenters. The first-order chi connectivity index (χ1) is 13.5. The standard InChI is InChI=1S/C22H17ClN2O3/c23-21-12-5-4-10-18(21)15-24-22(26)20(17-8-2-1-3-9-17)14-16-7-6-11-19(13-16)25(27)28/h1-14H,15H2,(H,24,26)/b20-14+. The van der Waals surface area contributed by atoms with Crippen molar-refractivity contribution < 1.29 is 9.72 Å². The van der Waals surface area contributed by atoms with Crippen LogP contribution in [0.15, 0.2) is 78.9 Å². The van der Waals surface area contributed by atoms with Gasteiger partial charge in [-0.2, -0.15) is 0 Å². The number of rotatable bonds is 6. The van der Waals surface area contributed by atoms with Crippen molar-refractivity contribution in [3.63, 3.8) is 0 Å². The lowest BCUT2D eigenvalue weighted by Crippen LogP contribution is -2.24. The molecule has 0 aliphatic rings. The third kappa shape index (κ3) is 4.84. The first-order valence-electron chi connectivity index (χ1n) is 8.58. The van der Waals surface area contributed by atoms with Crippen LogP contribution in [0, 0.1) is 10.1 Å². The lowest BCUT2D eigenvalue weighted by Gasteiger charge is -2.11. The van der Waals surface area contributed by atoms with E-state index >= 15 is 0 Å². The van der Waals surface area contributed by atoms with Crippen LogP contribution >= 0.6 is 11.6 Å². The van der Waals surface area contributed by atoms with Crippen LogP contribution < -0.4 is 5.32 Å². The molecule has 0 aromatic heterocycles. The topological polar surface area (TPSA) is 72.2 Å². The van der Waals surface area contributed by atoms with Crippen LogP contribution in [0.2, 0.25) is 5.02 Å². The molecule has 0 radical (unpaired) electrons. The predicted molar refractivity (Wildman–Crippen MR) is 111 cm³/mol. The number of carbonyl (C=O) groups is 1. The Morgan fingerprint density at radius 3 is 2.43 bits per heavy atom. The van der Waals surface area contributed by atoms with Crippen LogP contribution in [0.5, 0.6) is 0 Å². The first-order valence-corrected chi connectivity index (χ1v) is 8.95. The van der Waals surface area contributed by atoms with Crippen molar-refractivity contribution in [2.24, 2.45) is 0 Å². The highest BCUT2D eigenvalue weighted by Crippen LogP contribution is 2.22. The number of nitro groups is 1. The van der Waals surface area contributed by atoms with E-state index in [4.69, 9.17) is 11.6 Å². The molecule has 3 aromatic rings. The largest absolute Gasteiger partial charge is 0.348 e.